The molecule has 0 aliphatic carbocycles. The lowest BCUT2D eigenvalue weighted by molar-refractivity contribution is -0.113. The van der Waals surface area contributed by atoms with Crippen LogP contribution in [0.5, 0.6) is 0 Å². The van der Waals surface area contributed by atoms with Gasteiger partial charge >= 0.3 is 0 Å². The van der Waals surface area contributed by atoms with Crippen molar-refractivity contribution in [3.05, 3.63) is 95.3 Å². The third-order valence-corrected chi connectivity index (χ3v) is 4.89. The van der Waals surface area contributed by atoms with Crippen LogP contribution in [0.2, 0.25) is 0 Å². The molecular weight excluding hydrogens is 352 g/mol. The van der Waals surface area contributed by atoms with Gasteiger partial charge in [0.1, 0.15) is 0 Å². The molecule has 0 saturated heterocycles. The first-order valence-corrected chi connectivity index (χ1v) is 9.97. The van der Waals surface area contributed by atoms with Gasteiger partial charge in [0, 0.05) is 17.6 Å². The van der Waals surface area contributed by atoms with Crippen LogP contribution in [-0.2, 0) is 10.5 Å². The summed E-state index contributed by atoms with van der Waals surface area (Å²) in [6, 6.07) is 22.0. The SMILES string of the molecule is Cc1cccc(CSCC(=O)Nc2cccc(C=Cc3ccccn3)c2)c1. The number of amides is 1. The molecule has 0 radical (unpaired) electrons. The van der Waals surface area contributed by atoms with E-state index in [1.54, 1.807) is 18.0 Å². The van der Waals surface area contributed by atoms with Gasteiger partial charge in [-0.05, 0) is 48.4 Å². The van der Waals surface area contributed by atoms with Crippen molar-refractivity contribution < 1.29 is 4.79 Å². The Balaban J connectivity index is 1.51. The number of hydrogen-bond acceptors (Lipinski definition) is 3. The van der Waals surface area contributed by atoms with Crippen LogP contribution in [0, 0.1) is 6.92 Å². The number of thioether (sulfide) groups is 1. The van der Waals surface area contributed by atoms with E-state index in [9.17, 15) is 4.79 Å². The maximum absolute atomic E-state index is 12.2. The zero-order valence-electron chi connectivity index (χ0n) is 15.3. The van der Waals surface area contributed by atoms with Crippen molar-refractivity contribution in [1.82, 2.24) is 4.98 Å². The number of aryl methyl sites for hydroxylation is 1. The number of nitrogens with one attached hydrogen (secondary N) is 1. The molecule has 3 nitrogen and oxygen atoms in total. The molecule has 0 unspecified atom stereocenters. The fourth-order valence-corrected chi connectivity index (χ4v) is 3.41. The first-order valence-electron chi connectivity index (χ1n) is 8.81. The van der Waals surface area contributed by atoms with E-state index in [0.29, 0.717) is 5.75 Å². The minimum atomic E-state index is 0.0125. The third kappa shape index (κ3) is 6.42. The third-order valence-electron chi connectivity index (χ3n) is 3.89. The van der Waals surface area contributed by atoms with Crippen molar-refractivity contribution in [3.8, 4) is 0 Å². The van der Waals surface area contributed by atoms with E-state index >= 15 is 0 Å². The van der Waals surface area contributed by atoms with Gasteiger partial charge in [-0.15, -0.1) is 11.8 Å². The lowest BCUT2D eigenvalue weighted by Crippen LogP contribution is -2.14. The Morgan fingerprint density at radius 1 is 1.04 bits per heavy atom. The first-order chi connectivity index (χ1) is 13.2. The molecule has 0 aliphatic heterocycles. The number of benzene rings is 2. The van der Waals surface area contributed by atoms with Gasteiger partial charge in [0.05, 0.1) is 11.4 Å². The van der Waals surface area contributed by atoms with Crippen molar-refractivity contribution in [1.29, 1.82) is 0 Å². The van der Waals surface area contributed by atoms with Crippen LogP contribution in [0.3, 0.4) is 0 Å². The van der Waals surface area contributed by atoms with E-state index in [0.717, 1.165) is 22.7 Å². The molecule has 0 atom stereocenters. The molecule has 0 spiro atoms. The Labute approximate surface area is 164 Å². The molecule has 2 aromatic carbocycles. The summed E-state index contributed by atoms with van der Waals surface area (Å²) < 4.78 is 0. The van der Waals surface area contributed by atoms with E-state index in [-0.39, 0.29) is 5.91 Å². The topological polar surface area (TPSA) is 42.0 Å². The zero-order valence-corrected chi connectivity index (χ0v) is 16.1. The number of carbonyl (C=O) groups excluding carboxylic acids is 1. The highest BCUT2D eigenvalue weighted by molar-refractivity contribution is 7.99. The molecule has 0 saturated carbocycles. The number of rotatable bonds is 7. The van der Waals surface area contributed by atoms with Crippen LogP contribution in [0.1, 0.15) is 22.4 Å². The summed E-state index contributed by atoms with van der Waals surface area (Å²) in [5.74, 6) is 1.28. The normalized spacial score (nSPS) is 10.9. The van der Waals surface area contributed by atoms with Crippen LogP contribution in [0.25, 0.3) is 12.2 Å². The highest BCUT2D eigenvalue weighted by Crippen LogP contribution is 2.16. The summed E-state index contributed by atoms with van der Waals surface area (Å²) in [5.41, 5.74) is 5.22. The van der Waals surface area contributed by atoms with Crippen LogP contribution >= 0.6 is 11.8 Å². The van der Waals surface area contributed by atoms with Crippen LogP contribution < -0.4 is 5.32 Å². The average Bonchev–Trinajstić information content (AvgIpc) is 2.68. The van der Waals surface area contributed by atoms with Crippen LogP contribution in [-0.4, -0.2) is 16.6 Å². The number of hydrogen-bond donors (Lipinski definition) is 1. The molecule has 136 valence electrons. The van der Waals surface area contributed by atoms with Gasteiger partial charge in [-0.1, -0.05) is 54.1 Å². The first kappa shape index (κ1) is 18.9. The molecule has 0 bridgehead atoms. The number of carbonyl (C=O) groups is 1. The van der Waals surface area contributed by atoms with E-state index in [1.165, 1.54) is 11.1 Å². The molecule has 1 amide bonds. The summed E-state index contributed by atoms with van der Waals surface area (Å²) in [5, 5.41) is 2.97. The number of nitrogens with zero attached hydrogens (tertiary/aromatic N) is 1. The Bertz CT molecular complexity index is 922. The Morgan fingerprint density at radius 2 is 1.93 bits per heavy atom. The predicted octanol–water partition coefficient (Wildman–Crippen LogP) is 5.43. The molecule has 3 rings (SSSR count). The molecule has 1 aromatic heterocycles. The van der Waals surface area contributed by atoms with Gasteiger partial charge < -0.3 is 5.32 Å². The van der Waals surface area contributed by atoms with Gasteiger partial charge in [-0.3, -0.25) is 9.78 Å². The largest absolute Gasteiger partial charge is 0.325 e. The average molecular weight is 375 g/mol. The van der Waals surface area contributed by atoms with Crippen molar-refractivity contribution in [3.63, 3.8) is 0 Å². The van der Waals surface area contributed by atoms with E-state index in [2.05, 4.69) is 41.5 Å². The Hall–Kier alpha value is -2.85. The molecule has 4 heteroatoms. The second-order valence-corrected chi connectivity index (χ2v) is 7.23. The molecular formula is C23H22N2OS. The van der Waals surface area contributed by atoms with E-state index in [4.69, 9.17) is 0 Å². The number of anilines is 1. The lowest BCUT2D eigenvalue weighted by atomic mass is 10.1. The van der Waals surface area contributed by atoms with Crippen molar-refractivity contribution in [2.24, 2.45) is 0 Å². The standard InChI is InChI=1S/C23H22N2OS/c1-18-6-4-8-20(14-18)16-27-17-23(26)25-22-10-5-7-19(15-22)11-12-21-9-2-3-13-24-21/h2-15H,16-17H2,1H3,(H,25,26). The maximum Gasteiger partial charge on any atom is 0.234 e. The maximum atomic E-state index is 12.2. The van der Waals surface area contributed by atoms with Gasteiger partial charge in [0.2, 0.25) is 5.91 Å². The fraction of sp³-hybridized carbons (Fsp3) is 0.130. The van der Waals surface area contributed by atoms with Gasteiger partial charge in [0.25, 0.3) is 0 Å². The summed E-state index contributed by atoms with van der Waals surface area (Å²) >= 11 is 1.62. The minimum Gasteiger partial charge on any atom is -0.325 e. The van der Waals surface area contributed by atoms with E-state index < -0.39 is 0 Å². The smallest absolute Gasteiger partial charge is 0.234 e. The Morgan fingerprint density at radius 3 is 2.74 bits per heavy atom. The van der Waals surface area contributed by atoms with Crippen molar-refractivity contribution >= 4 is 35.5 Å². The van der Waals surface area contributed by atoms with Gasteiger partial charge in [-0.2, -0.15) is 0 Å². The van der Waals surface area contributed by atoms with Crippen molar-refractivity contribution in [2.45, 2.75) is 12.7 Å². The van der Waals surface area contributed by atoms with Crippen molar-refractivity contribution in [2.75, 3.05) is 11.1 Å². The highest BCUT2D eigenvalue weighted by Gasteiger charge is 2.04. The predicted molar refractivity (Wildman–Crippen MR) is 116 cm³/mol. The number of pyridine rings is 1. The summed E-state index contributed by atoms with van der Waals surface area (Å²) in [6.45, 7) is 2.08. The summed E-state index contributed by atoms with van der Waals surface area (Å²) in [6.07, 6.45) is 5.72. The quantitative estimate of drug-likeness (QED) is 0.599. The molecule has 0 fully saturated rings. The highest BCUT2D eigenvalue weighted by atomic mass is 32.2. The number of aromatic nitrogens is 1. The Kier molecular flexibility index (Phi) is 6.83. The zero-order chi connectivity index (χ0) is 18.9. The molecule has 3 aromatic rings. The lowest BCUT2D eigenvalue weighted by Gasteiger charge is -2.06. The van der Waals surface area contributed by atoms with E-state index in [1.807, 2.05) is 54.6 Å². The second-order valence-electron chi connectivity index (χ2n) is 6.24. The summed E-state index contributed by atoms with van der Waals surface area (Å²) in [7, 11) is 0. The molecule has 0 aliphatic rings. The van der Waals surface area contributed by atoms with Gasteiger partial charge in [0.15, 0.2) is 0 Å². The fourth-order valence-electron chi connectivity index (χ4n) is 2.64. The van der Waals surface area contributed by atoms with Crippen LogP contribution in [0.4, 0.5) is 5.69 Å². The molecule has 1 N–H and O–H groups in total. The van der Waals surface area contributed by atoms with Crippen LogP contribution in [0.15, 0.2) is 72.9 Å². The molecule has 1 heterocycles. The molecule has 27 heavy (non-hydrogen) atoms. The minimum absolute atomic E-state index is 0.0125. The second kappa shape index (κ2) is 9.74. The summed E-state index contributed by atoms with van der Waals surface area (Å²) in [4.78, 5) is 16.5. The van der Waals surface area contributed by atoms with Gasteiger partial charge in [-0.25, -0.2) is 0 Å². The monoisotopic (exact) mass is 374 g/mol.